The Labute approximate surface area is 117 Å². The van der Waals surface area contributed by atoms with Crippen LogP contribution in [0, 0.1) is 0 Å². The standard InChI is InChI=1S/C16H14ClNO/c1-18-16(11-6-8-12(17)9-7-11)14-10-19-15-5-3-2-4-13(14)15/h2-10,16,18H,1H3. The van der Waals surface area contributed by atoms with Crippen LogP contribution < -0.4 is 5.32 Å². The third-order valence-electron chi connectivity index (χ3n) is 3.31. The quantitative estimate of drug-likeness (QED) is 0.764. The molecule has 0 aliphatic carbocycles. The molecule has 0 radical (unpaired) electrons. The third kappa shape index (κ3) is 2.25. The van der Waals surface area contributed by atoms with Crippen LogP contribution in [0.25, 0.3) is 11.0 Å². The smallest absolute Gasteiger partial charge is 0.134 e. The minimum Gasteiger partial charge on any atom is -0.464 e. The second-order valence-corrected chi connectivity index (χ2v) is 4.90. The van der Waals surface area contributed by atoms with E-state index in [2.05, 4.69) is 11.4 Å². The Hall–Kier alpha value is -1.77. The molecule has 0 fully saturated rings. The van der Waals surface area contributed by atoms with E-state index in [1.54, 1.807) is 0 Å². The SMILES string of the molecule is CNC(c1ccc(Cl)cc1)c1coc2ccccc12. The monoisotopic (exact) mass is 271 g/mol. The first-order valence-electron chi connectivity index (χ1n) is 6.18. The van der Waals surface area contributed by atoms with Crippen molar-refractivity contribution in [2.75, 3.05) is 7.05 Å². The van der Waals surface area contributed by atoms with Crippen molar-refractivity contribution < 1.29 is 4.42 Å². The van der Waals surface area contributed by atoms with E-state index in [4.69, 9.17) is 16.0 Å². The van der Waals surface area contributed by atoms with Gasteiger partial charge >= 0.3 is 0 Å². The summed E-state index contributed by atoms with van der Waals surface area (Å²) in [5.74, 6) is 0. The van der Waals surface area contributed by atoms with Gasteiger partial charge in [-0.3, -0.25) is 0 Å². The van der Waals surface area contributed by atoms with Crippen LogP contribution in [-0.4, -0.2) is 7.05 Å². The van der Waals surface area contributed by atoms with Crippen molar-refractivity contribution in [2.24, 2.45) is 0 Å². The highest BCUT2D eigenvalue weighted by molar-refractivity contribution is 6.30. The lowest BCUT2D eigenvalue weighted by atomic mass is 9.98. The maximum absolute atomic E-state index is 5.94. The maximum atomic E-state index is 5.94. The summed E-state index contributed by atoms with van der Waals surface area (Å²) in [5.41, 5.74) is 3.21. The Morgan fingerprint density at radius 1 is 1.05 bits per heavy atom. The van der Waals surface area contributed by atoms with Crippen LogP contribution >= 0.6 is 11.6 Å². The summed E-state index contributed by atoms with van der Waals surface area (Å²) < 4.78 is 5.61. The highest BCUT2D eigenvalue weighted by atomic mass is 35.5. The van der Waals surface area contributed by atoms with E-state index in [1.807, 2.05) is 55.8 Å². The minimum atomic E-state index is 0.0981. The number of halogens is 1. The van der Waals surface area contributed by atoms with Crippen molar-refractivity contribution in [3.63, 3.8) is 0 Å². The van der Waals surface area contributed by atoms with E-state index in [9.17, 15) is 0 Å². The van der Waals surface area contributed by atoms with Gasteiger partial charge in [0.1, 0.15) is 5.58 Å². The van der Waals surface area contributed by atoms with Crippen molar-refractivity contribution >= 4 is 22.6 Å². The number of benzene rings is 2. The molecule has 0 aliphatic rings. The van der Waals surface area contributed by atoms with Gasteiger partial charge in [0, 0.05) is 16.0 Å². The molecule has 1 atom stereocenters. The van der Waals surface area contributed by atoms with Crippen molar-refractivity contribution in [3.8, 4) is 0 Å². The summed E-state index contributed by atoms with van der Waals surface area (Å²) in [5, 5.41) is 5.21. The van der Waals surface area contributed by atoms with Gasteiger partial charge in [0.05, 0.1) is 12.3 Å². The minimum absolute atomic E-state index is 0.0981. The Morgan fingerprint density at radius 2 is 1.79 bits per heavy atom. The second kappa shape index (κ2) is 5.08. The third-order valence-corrected chi connectivity index (χ3v) is 3.57. The molecule has 19 heavy (non-hydrogen) atoms. The predicted octanol–water partition coefficient (Wildman–Crippen LogP) is 4.40. The van der Waals surface area contributed by atoms with E-state index in [-0.39, 0.29) is 6.04 Å². The lowest BCUT2D eigenvalue weighted by Crippen LogP contribution is -2.17. The molecule has 3 rings (SSSR count). The summed E-state index contributed by atoms with van der Waals surface area (Å²) in [4.78, 5) is 0. The number of hydrogen-bond acceptors (Lipinski definition) is 2. The summed E-state index contributed by atoms with van der Waals surface area (Å²) in [6.07, 6.45) is 1.82. The van der Waals surface area contributed by atoms with Gasteiger partial charge < -0.3 is 9.73 Å². The highest BCUT2D eigenvalue weighted by Crippen LogP contribution is 2.30. The van der Waals surface area contributed by atoms with Gasteiger partial charge in [-0.05, 0) is 30.8 Å². The van der Waals surface area contributed by atoms with Crippen LogP contribution in [-0.2, 0) is 0 Å². The molecule has 96 valence electrons. The van der Waals surface area contributed by atoms with Crippen LogP contribution in [0.3, 0.4) is 0 Å². The molecule has 0 saturated heterocycles. The number of fused-ring (bicyclic) bond motifs is 1. The molecule has 0 saturated carbocycles. The van der Waals surface area contributed by atoms with E-state index in [0.717, 1.165) is 21.6 Å². The summed E-state index contributed by atoms with van der Waals surface area (Å²) >= 11 is 5.94. The number of para-hydroxylation sites is 1. The molecule has 1 N–H and O–H groups in total. The van der Waals surface area contributed by atoms with Gasteiger partial charge in [-0.25, -0.2) is 0 Å². The van der Waals surface area contributed by atoms with E-state index >= 15 is 0 Å². The van der Waals surface area contributed by atoms with Gasteiger partial charge in [-0.15, -0.1) is 0 Å². The van der Waals surface area contributed by atoms with Gasteiger partial charge in [-0.1, -0.05) is 41.9 Å². The normalized spacial score (nSPS) is 12.7. The number of hydrogen-bond donors (Lipinski definition) is 1. The number of furan rings is 1. The Balaban J connectivity index is 2.09. The molecule has 2 nitrogen and oxygen atoms in total. The lowest BCUT2D eigenvalue weighted by molar-refractivity contribution is 0.597. The average Bonchev–Trinajstić information content (AvgIpc) is 2.86. The fraction of sp³-hybridized carbons (Fsp3) is 0.125. The molecule has 3 aromatic rings. The zero-order valence-corrected chi connectivity index (χ0v) is 11.3. The van der Waals surface area contributed by atoms with Crippen LogP contribution in [0.4, 0.5) is 0 Å². The molecule has 1 unspecified atom stereocenters. The Kier molecular flexibility index (Phi) is 3.28. The first-order valence-corrected chi connectivity index (χ1v) is 6.56. The molecule has 3 heteroatoms. The van der Waals surface area contributed by atoms with Crippen LogP contribution in [0.2, 0.25) is 5.02 Å². The van der Waals surface area contributed by atoms with Crippen LogP contribution in [0.15, 0.2) is 59.2 Å². The van der Waals surface area contributed by atoms with Crippen molar-refractivity contribution in [2.45, 2.75) is 6.04 Å². The van der Waals surface area contributed by atoms with Crippen molar-refractivity contribution in [3.05, 3.63) is 70.9 Å². The molecule has 2 aromatic carbocycles. The molecule has 0 amide bonds. The topological polar surface area (TPSA) is 25.2 Å². The molecule has 0 aliphatic heterocycles. The van der Waals surface area contributed by atoms with Gasteiger partial charge in [0.15, 0.2) is 0 Å². The largest absolute Gasteiger partial charge is 0.464 e. The number of rotatable bonds is 3. The molecule has 0 bridgehead atoms. The molecule has 1 aromatic heterocycles. The Morgan fingerprint density at radius 3 is 2.53 bits per heavy atom. The zero-order valence-electron chi connectivity index (χ0n) is 10.6. The molecular formula is C16H14ClNO. The van der Waals surface area contributed by atoms with Gasteiger partial charge in [0.25, 0.3) is 0 Å². The fourth-order valence-electron chi connectivity index (χ4n) is 2.38. The first kappa shape index (κ1) is 12.3. The van der Waals surface area contributed by atoms with Crippen molar-refractivity contribution in [1.82, 2.24) is 5.32 Å². The summed E-state index contributed by atoms with van der Waals surface area (Å²) in [6.45, 7) is 0. The lowest BCUT2D eigenvalue weighted by Gasteiger charge is -2.15. The van der Waals surface area contributed by atoms with E-state index in [1.165, 1.54) is 5.56 Å². The van der Waals surface area contributed by atoms with Crippen LogP contribution in [0.5, 0.6) is 0 Å². The summed E-state index contributed by atoms with van der Waals surface area (Å²) in [7, 11) is 1.95. The van der Waals surface area contributed by atoms with Crippen molar-refractivity contribution in [1.29, 1.82) is 0 Å². The van der Waals surface area contributed by atoms with E-state index < -0.39 is 0 Å². The predicted molar refractivity (Wildman–Crippen MR) is 78.6 cm³/mol. The maximum Gasteiger partial charge on any atom is 0.134 e. The Bertz CT molecular complexity index is 687. The highest BCUT2D eigenvalue weighted by Gasteiger charge is 2.17. The average molecular weight is 272 g/mol. The number of nitrogens with one attached hydrogen (secondary N) is 1. The molecule has 0 spiro atoms. The zero-order chi connectivity index (χ0) is 13.2. The van der Waals surface area contributed by atoms with E-state index in [0.29, 0.717) is 0 Å². The summed E-state index contributed by atoms with van der Waals surface area (Å²) in [6, 6.07) is 16.0. The van der Waals surface area contributed by atoms with Crippen LogP contribution in [0.1, 0.15) is 17.2 Å². The molecular weight excluding hydrogens is 258 g/mol. The van der Waals surface area contributed by atoms with Gasteiger partial charge in [-0.2, -0.15) is 0 Å². The second-order valence-electron chi connectivity index (χ2n) is 4.46. The molecule has 1 heterocycles. The first-order chi connectivity index (χ1) is 9.29. The fourth-order valence-corrected chi connectivity index (χ4v) is 2.50. The van der Waals surface area contributed by atoms with Gasteiger partial charge in [0.2, 0.25) is 0 Å².